The maximum Gasteiger partial charge on any atom is 0.316 e. The molecule has 2 aliphatic rings. The molecule has 1 aliphatic heterocycles. The first-order chi connectivity index (χ1) is 15.0. The summed E-state index contributed by atoms with van der Waals surface area (Å²) < 4.78 is 16.1. The van der Waals surface area contributed by atoms with Crippen LogP contribution in [-0.2, 0) is 14.3 Å². The van der Waals surface area contributed by atoms with Gasteiger partial charge >= 0.3 is 5.97 Å². The minimum absolute atomic E-state index is 0.190. The molecule has 0 fully saturated rings. The molecule has 0 saturated carbocycles. The lowest BCUT2D eigenvalue weighted by Gasteiger charge is -2.33. The molecule has 4 rings (SSSR count). The second-order valence-corrected chi connectivity index (χ2v) is 7.77. The monoisotopic (exact) mass is 422 g/mol. The number of methoxy groups -OCH3 is 3. The van der Waals surface area contributed by atoms with Crippen LogP contribution in [0.5, 0.6) is 11.5 Å². The van der Waals surface area contributed by atoms with Crippen LogP contribution in [0.2, 0.25) is 0 Å². The van der Waals surface area contributed by atoms with Gasteiger partial charge < -0.3 is 24.8 Å². The maximum atomic E-state index is 13.7. The van der Waals surface area contributed by atoms with Crippen LogP contribution >= 0.6 is 0 Å². The molecule has 3 atom stereocenters. The Balaban J connectivity index is 1.93. The molecule has 1 heterocycles. The highest BCUT2D eigenvalue weighted by Crippen LogP contribution is 2.47. The van der Waals surface area contributed by atoms with Crippen LogP contribution in [0.3, 0.4) is 0 Å². The van der Waals surface area contributed by atoms with E-state index in [1.165, 1.54) is 7.11 Å². The lowest BCUT2D eigenvalue weighted by molar-refractivity contribution is -0.151. The van der Waals surface area contributed by atoms with Gasteiger partial charge in [0.1, 0.15) is 5.92 Å². The fourth-order valence-electron chi connectivity index (χ4n) is 4.51. The van der Waals surface area contributed by atoms with E-state index in [1.54, 1.807) is 14.2 Å². The number of allylic oxidation sites excluding steroid dienone is 1. The number of Topliss-reactive ketones (excluding diaryl/α,β-unsaturated/α-hetero) is 1. The maximum absolute atomic E-state index is 13.7. The van der Waals surface area contributed by atoms with Gasteiger partial charge in [0, 0.05) is 16.8 Å². The zero-order valence-electron chi connectivity index (χ0n) is 18.0. The van der Waals surface area contributed by atoms with E-state index in [2.05, 4.69) is 10.6 Å². The van der Waals surface area contributed by atoms with Crippen molar-refractivity contribution in [2.75, 3.05) is 32.0 Å². The molecule has 0 spiro atoms. The minimum Gasteiger partial charge on any atom is -0.493 e. The van der Waals surface area contributed by atoms with Gasteiger partial charge in [0.2, 0.25) is 0 Å². The summed E-state index contributed by atoms with van der Waals surface area (Å²) in [5, 5.41) is 6.93. The largest absolute Gasteiger partial charge is 0.493 e. The van der Waals surface area contributed by atoms with E-state index < -0.39 is 17.9 Å². The number of fused-ring (bicyclic) bond motifs is 1. The van der Waals surface area contributed by atoms with E-state index in [1.807, 2.05) is 49.4 Å². The van der Waals surface area contributed by atoms with Crippen LogP contribution in [0.15, 0.2) is 53.7 Å². The van der Waals surface area contributed by atoms with Crippen molar-refractivity contribution in [3.63, 3.8) is 0 Å². The molecule has 0 aromatic heterocycles. The van der Waals surface area contributed by atoms with Crippen molar-refractivity contribution < 1.29 is 23.8 Å². The Kier molecular flexibility index (Phi) is 5.59. The SMILES string of the molecule is COC(=O)[C@@H]1C(=O)C2=C(C[C@@H]1C)Nc1ccccc1N[C@@H]2c1cccc(OC)c1OC. The molecule has 0 bridgehead atoms. The van der Waals surface area contributed by atoms with Crippen LogP contribution in [0.25, 0.3) is 0 Å². The summed E-state index contributed by atoms with van der Waals surface area (Å²) in [7, 11) is 4.46. The molecule has 1 aliphatic carbocycles. The molecule has 0 saturated heterocycles. The van der Waals surface area contributed by atoms with E-state index in [0.29, 0.717) is 23.5 Å². The summed E-state index contributed by atoms with van der Waals surface area (Å²) in [6, 6.07) is 12.8. The summed E-state index contributed by atoms with van der Waals surface area (Å²) in [5.41, 5.74) is 3.78. The Labute approximate surface area is 181 Å². The van der Waals surface area contributed by atoms with Gasteiger partial charge in [-0.25, -0.2) is 0 Å². The van der Waals surface area contributed by atoms with Gasteiger partial charge in [-0.1, -0.05) is 31.2 Å². The third-order valence-electron chi connectivity index (χ3n) is 5.97. The highest BCUT2D eigenvalue weighted by Gasteiger charge is 2.45. The first-order valence-corrected chi connectivity index (χ1v) is 10.2. The van der Waals surface area contributed by atoms with Gasteiger partial charge in [-0.05, 0) is 30.5 Å². The number of ether oxygens (including phenoxy) is 3. The molecule has 162 valence electrons. The topological polar surface area (TPSA) is 85.9 Å². The van der Waals surface area contributed by atoms with Crippen molar-refractivity contribution in [2.24, 2.45) is 11.8 Å². The lowest BCUT2D eigenvalue weighted by Crippen LogP contribution is -2.39. The third kappa shape index (κ3) is 3.50. The van der Waals surface area contributed by atoms with Crippen LogP contribution in [-0.4, -0.2) is 33.1 Å². The van der Waals surface area contributed by atoms with E-state index in [4.69, 9.17) is 14.2 Å². The molecular weight excluding hydrogens is 396 g/mol. The molecule has 0 amide bonds. The van der Waals surface area contributed by atoms with E-state index in [9.17, 15) is 9.59 Å². The van der Waals surface area contributed by atoms with Gasteiger partial charge in [0.25, 0.3) is 0 Å². The first kappa shape index (κ1) is 20.8. The van der Waals surface area contributed by atoms with Crippen molar-refractivity contribution in [3.8, 4) is 11.5 Å². The number of para-hydroxylation sites is 3. The Morgan fingerprint density at radius 1 is 1.00 bits per heavy atom. The minimum atomic E-state index is -0.854. The highest BCUT2D eigenvalue weighted by atomic mass is 16.5. The predicted molar refractivity (Wildman–Crippen MR) is 117 cm³/mol. The summed E-state index contributed by atoms with van der Waals surface area (Å²) in [5.74, 6) is -0.701. The van der Waals surface area contributed by atoms with Crippen LogP contribution in [0, 0.1) is 11.8 Å². The molecule has 2 aromatic rings. The number of esters is 1. The van der Waals surface area contributed by atoms with E-state index in [-0.39, 0.29) is 11.7 Å². The molecule has 31 heavy (non-hydrogen) atoms. The lowest BCUT2D eigenvalue weighted by atomic mass is 9.74. The Morgan fingerprint density at radius 3 is 2.42 bits per heavy atom. The van der Waals surface area contributed by atoms with Gasteiger partial charge in [-0.15, -0.1) is 0 Å². The second kappa shape index (κ2) is 8.34. The van der Waals surface area contributed by atoms with Crippen molar-refractivity contribution in [1.82, 2.24) is 0 Å². The number of carbonyl (C=O) groups excluding carboxylic acids is 2. The van der Waals surface area contributed by atoms with Crippen LogP contribution in [0.4, 0.5) is 11.4 Å². The van der Waals surface area contributed by atoms with Gasteiger partial charge in [0.05, 0.1) is 38.7 Å². The summed E-state index contributed by atoms with van der Waals surface area (Å²) >= 11 is 0. The second-order valence-electron chi connectivity index (χ2n) is 7.77. The first-order valence-electron chi connectivity index (χ1n) is 10.2. The molecule has 7 heteroatoms. The van der Waals surface area contributed by atoms with Gasteiger partial charge in [-0.3, -0.25) is 9.59 Å². The summed E-state index contributed by atoms with van der Waals surface area (Å²) in [4.78, 5) is 26.2. The average Bonchev–Trinajstić information content (AvgIpc) is 2.94. The quantitative estimate of drug-likeness (QED) is 0.570. The zero-order valence-corrected chi connectivity index (χ0v) is 18.0. The number of nitrogens with one attached hydrogen (secondary N) is 2. The van der Waals surface area contributed by atoms with Crippen molar-refractivity contribution >= 4 is 23.1 Å². The molecule has 7 nitrogen and oxygen atoms in total. The Bertz CT molecular complexity index is 1060. The Hall–Kier alpha value is -3.48. The molecular formula is C24H26N2O5. The number of ketones is 1. The molecule has 2 aromatic carbocycles. The number of anilines is 2. The van der Waals surface area contributed by atoms with Gasteiger partial charge in [-0.2, -0.15) is 0 Å². The van der Waals surface area contributed by atoms with Gasteiger partial charge in [0.15, 0.2) is 17.3 Å². The third-order valence-corrected chi connectivity index (χ3v) is 5.97. The molecule has 0 radical (unpaired) electrons. The fraction of sp³-hybridized carbons (Fsp3) is 0.333. The summed E-state index contributed by atoms with van der Waals surface area (Å²) in [6.07, 6.45) is 0.541. The van der Waals surface area contributed by atoms with Crippen LogP contribution < -0.4 is 20.1 Å². The zero-order chi connectivity index (χ0) is 22.1. The molecule has 0 unspecified atom stereocenters. The van der Waals surface area contributed by atoms with Crippen molar-refractivity contribution in [3.05, 3.63) is 59.3 Å². The number of hydrogen-bond acceptors (Lipinski definition) is 7. The number of carbonyl (C=O) groups is 2. The predicted octanol–water partition coefficient (Wildman–Crippen LogP) is 3.93. The standard InChI is InChI=1S/C24H26N2O5/c1-13-12-17-20(22(27)19(13)24(28)31-4)21(26-16-10-6-5-9-15(16)25-17)14-8-7-11-18(29-2)23(14)30-3/h5-11,13,19,21,25-26H,12H2,1-4H3/t13-,19-,21+/m0/s1. The van der Waals surface area contributed by atoms with Crippen molar-refractivity contribution in [2.45, 2.75) is 19.4 Å². The molecule has 2 N–H and O–H groups in total. The Morgan fingerprint density at radius 2 is 1.74 bits per heavy atom. The summed E-state index contributed by atoms with van der Waals surface area (Å²) in [6.45, 7) is 1.90. The number of benzene rings is 2. The highest BCUT2D eigenvalue weighted by molar-refractivity contribution is 6.11. The average molecular weight is 422 g/mol. The van der Waals surface area contributed by atoms with E-state index in [0.717, 1.165) is 22.6 Å². The fourth-order valence-corrected chi connectivity index (χ4v) is 4.51. The van der Waals surface area contributed by atoms with Crippen LogP contribution in [0.1, 0.15) is 24.9 Å². The van der Waals surface area contributed by atoms with E-state index >= 15 is 0 Å². The van der Waals surface area contributed by atoms with Crippen molar-refractivity contribution in [1.29, 1.82) is 0 Å². The smallest absolute Gasteiger partial charge is 0.316 e. The number of rotatable bonds is 4. The normalized spacial score (nSPS) is 22.3. The number of hydrogen-bond donors (Lipinski definition) is 2.